The molecule has 0 aliphatic heterocycles. The first-order chi connectivity index (χ1) is 13.2. The lowest BCUT2D eigenvalue weighted by molar-refractivity contribution is -0.121. The number of benzene rings is 2. The van der Waals surface area contributed by atoms with Gasteiger partial charge in [-0.05, 0) is 44.2 Å². The van der Waals surface area contributed by atoms with E-state index in [2.05, 4.69) is 26.5 Å². The molecule has 2 aromatic carbocycles. The molecule has 0 bridgehead atoms. The Balaban J connectivity index is 2.17. The van der Waals surface area contributed by atoms with E-state index in [1.54, 1.807) is 24.3 Å². The summed E-state index contributed by atoms with van der Waals surface area (Å²) in [5.74, 6) is 0.0671. The van der Waals surface area contributed by atoms with E-state index < -0.39 is 22.0 Å². The maximum atomic E-state index is 12.5. The summed E-state index contributed by atoms with van der Waals surface area (Å²) in [6, 6.07) is 12.9. The highest BCUT2D eigenvalue weighted by Crippen LogP contribution is 2.24. The minimum absolute atomic E-state index is 0.364. The molecule has 0 heterocycles. The summed E-state index contributed by atoms with van der Waals surface area (Å²) in [5.41, 5.74) is 3.53. The molecule has 0 aromatic heterocycles. The van der Waals surface area contributed by atoms with Crippen LogP contribution in [0.2, 0.25) is 0 Å². The molecule has 1 amide bonds. The number of nitrogens with zero attached hydrogens (tertiary/aromatic N) is 2. The minimum atomic E-state index is -3.70. The molecule has 0 spiro atoms. The van der Waals surface area contributed by atoms with Gasteiger partial charge in [-0.25, -0.2) is 13.8 Å². The molecule has 9 heteroatoms. The Hall–Kier alpha value is -2.39. The molecule has 7 nitrogen and oxygen atoms in total. The van der Waals surface area contributed by atoms with Crippen LogP contribution in [0.4, 0.5) is 5.69 Å². The highest BCUT2D eigenvalue weighted by Gasteiger charge is 2.29. The van der Waals surface area contributed by atoms with E-state index in [4.69, 9.17) is 4.74 Å². The number of anilines is 1. The van der Waals surface area contributed by atoms with E-state index in [1.807, 2.05) is 31.2 Å². The van der Waals surface area contributed by atoms with E-state index in [0.717, 1.165) is 20.6 Å². The second-order valence-electron chi connectivity index (χ2n) is 5.92. The first kappa shape index (κ1) is 21.9. The van der Waals surface area contributed by atoms with Crippen molar-refractivity contribution in [2.24, 2.45) is 5.10 Å². The Labute approximate surface area is 173 Å². The summed E-state index contributed by atoms with van der Waals surface area (Å²) in [4.78, 5) is 12.5. The third kappa shape index (κ3) is 5.80. The summed E-state index contributed by atoms with van der Waals surface area (Å²) in [5, 5.41) is 3.92. The zero-order chi connectivity index (χ0) is 20.7. The Bertz CT molecular complexity index is 946. The van der Waals surface area contributed by atoms with Crippen molar-refractivity contribution in [3.63, 3.8) is 0 Å². The van der Waals surface area contributed by atoms with Crippen LogP contribution in [0.5, 0.6) is 5.75 Å². The molecule has 1 N–H and O–H groups in total. The number of halogens is 1. The molecule has 0 saturated heterocycles. The predicted octanol–water partition coefficient (Wildman–Crippen LogP) is 3.15. The van der Waals surface area contributed by atoms with Crippen LogP contribution in [0.25, 0.3) is 0 Å². The fourth-order valence-corrected chi connectivity index (χ4v) is 4.07. The predicted molar refractivity (Wildman–Crippen MR) is 114 cm³/mol. The van der Waals surface area contributed by atoms with Gasteiger partial charge in [0.05, 0.1) is 24.8 Å². The van der Waals surface area contributed by atoms with Crippen molar-refractivity contribution >= 4 is 43.8 Å². The van der Waals surface area contributed by atoms with E-state index in [9.17, 15) is 13.2 Å². The molecule has 0 aliphatic rings. The molecule has 0 aliphatic carbocycles. The summed E-state index contributed by atoms with van der Waals surface area (Å²) in [7, 11) is -3.70. The van der Waals surface area contributed by atoms with Crippen LogP contribution >= 0.6 is 15.9 Å². The Kier molecular flexibility index (Phi) is 7.59. The molecule has 0 saturated carbocycles. The van der Waals surface area contributed by atoms with Crippen molar-refractivity contribution in [1.82, 2.24) is 5.43 Å². The third-order valence-corrected chi connectivity index (χ3v) is 5.74. The third-order valence-electron chi connectivity index (χ3n) is 3.77. The lowest BCUT2D eigenvalue weighted by atomic mass is 10.2. The molecule has 0 radical (unpaired) electrons. The van der Waals surface area contributed by atoms with Gasteiger partial charge in [0.1, 0.15) is 11.8 Å². The van der Waals surface area contributed by atoms with Crippen LogP contribution in [-0.2, 0) is 14.8 Å². The van der Waals surface area contributed by atoms with E-state index >= 15 is 0 Å². The van der Waals surface area contributed by atoms with Gasteiger partial charge in [-0.1, -0.05) is 34.1 Å². The fraction of sp³-hybridized carbons (Fsp3) is 0.263. The van der Waals surface area contributed by atoms with E-state index in [0.29, 0.717) is 18.0 Å². The number of hydrogen-bond donors (Lipinski definition) is 1. The van der Waals surface area contributed by atoms with Gasteiger partial charge >= 0.3 is 0 Å². The largest absolute Gasteiger partial charge is 0.494 e. The summed E-state index contributed by atoms with van der Waals surface area (Å²) >= 11 is 3.39. The molecular weight excluding hydrogens is 446 g/mol. The summed E-state index contributed by atoms with van der Waals surface area (Å²) in [6.45, 7) is 3.86. The van der Waals surface area contributed by atoms with Crippen molar-refractivity contribution in [1.29, 1.82) is 0 Å². The average molecular weight is 468 g/mol. The first-order valence-electron chi connectivity index (χ1n) is 8.53. The van der Waals surface area contributed by atoms with Crippen molar-refractivity contribution in [3.05, 3.63) is 58.6 Å². The SMILES string of the molecule is CCOc1ccc(N([C@@H](C)C(=O)N/N=C\c2ccccc2Br)S(C)(=O)=O)cc1. The number of hydrazone groups is 1. The number of nitrogens with one attached hydrogen (secondary N) is 1. The Morgan fingerprint density at radius 1 is 1.25 bits per heavy atom. The van der Waals surface area contributed by atoms with Gasteiger partial charge < -0.3 is 4.74 Å². The van der Waals surface area contributed by atoms with Crippen LogP contribution in [-0.4, -0.2) is 39.4 Å². The van der Waals surface area contributed by atoms with Crippen molar-refractivity contribution < 1.29 is 17.9 Å². The normalized spacial score (nSPS) is 12.6. The number of amides is 1. The van der Waals surface area contributed by atoms with Gasteiger partial charge in [-0.3, -0.25) is 9.10 Å². The number of hydrogen-bond acceptors (Lipinski definition) is 5. The molecule has 2 aromatic rings. The Morgan fingerprint density at radius 3 is 2.46 bits per heavy atom. The van der Waals surface area contributed by atoms with Crippen molar-refractivity contribution in [2.45, 2.75) is 19.9 Å². The molecule has 0 fully saturated rings. The van der Waals surface area contributed by atoms with Crippen LogP contribution in [0, 0.1) is 0 Å². The summed E-state index contributed by atoms with van der Waals surface area (Å²) < 4.78 is 31.8. The number of ether oxygens (including phenoxy) is 1. The number of carbonyl (C=O) groups excluding carboxylic acids is 1. The van der Waals surface area contributed by atoms with Gasteiger partial charge in [-0.15, -0.1) is 0 Å². The molecule has 150 valence electrons. The second-order valence-corrected chi connectivity index (χ2v) is 8.63. The van der Waals surface area contributed by atoms with Crippen molar-refractivity contribution in [2.75, 3.05) is 17.2 Å². The van der Waals surface area contributed by atoms with Crippen LogP contribution in [0.15, 0.2) is 58.1 Å². The maximum Gasteiger partial charge on any atom is 0.263 e. The quantitative estimate of drug-likeness (QED) is 0.476. The van der Waals surface area contributed by atoms with Gasteiger partial charge in [0.15, 0.2) is 0 Å². The highest BCUT2D eigenvalue weighted by atomic mass is 79.9. The number of carbonyl (C=O) groups is 1. The number of rotatable bonds is 8. The molecule has 0 unspecified atom stereocenters. The zero-order valence-corrected chi connectivity index (χ0v) is 18.2. The maximum absolute atomic E-state index is 12.5. The lowest BCUT2D eigenvalue weighted by Crippen LogP contribution is -2.46. The molecular formula is C19H22BrN3O4S. The monoisotopic (exact) mass is 467 g/mol. The first-order valence-corrected chi connectivity index (χ1v) is 11.2. The minimum Gasteiger partial charge on any atom is -0.494 e. The Morgan fingerprint density at radius 2 is 1.89 bits per heavy atom. The smallest absolute Gasteiger partial charge is 0.263 e. The van der Waals surface area contributed by atoms with Gasteiger partial charge in [-0.2, -0.15) is 5.10 Å². The average Bonchev–Trinajstić information content (AvgIpc) is 2.64. The molecule has 2 rings (SSSR count). The summed E-state index contributed by atoms with van der Waals surface area (Å²) in [6.07, 6.45) is 2.54. The second kappa shape index (κ2) is 9.70. The van der Waals surface area contributed by atoms with E-state index in [-0.39, 0.29) is 0 Å². The zero-order valence-electron chi connectivity index (χ0n) is 15.8. The van der Waals surface area contributed by atoms with Gasteiger partial charge in [0, 0.05) is 10.0 Å². The standard InChI is InChI=1S/C19H22BrN3O4S/c1-4-27-17-11-9-16(10-12-17)23(28(3,25)26)14(2)19(24)22-21-13-15-7-5-6-8-18(15)20/h5-14H,4H2,1-3H3,(H,22,24)/b21-13-/t14-/m0/s1. The van der Waals surface area contributed by atoms with Crippen LogP contribution in [0.1, 0.15) is 19.4 Å². The molecule has 28 heavy (non-hydrogen) atoms. The van der Waals surface area contributed by atoms with Gasteiger partial charge in [0.25, 0.3) is 5.91 Å². The van der Waals surface area contributed by atoms with Crippen LogP contribution in [0.3, 0.4) is 0 Å². The topological polar surface area (TPSA) is 88.1 Å². The van der Waals surface area contributed by atoms with Gasteiger partial charge in [0.2, 0.25) is 10.0 Å². The van der Waals surface area contributed by atoms with Crippen molar-refractivity contribution in [3.8, 4) is 5.75 Å². The molecule has 1 atom stereocenters. The van der Waals surface area contributed by atoms with E-state index in [1.165, 1.54) is 13.1 Å². The fourth-order valence-electron chi connectivity index (χ4n) is 2.50. The number of sulfonamides is 1. The lowest BCUT2D eigenvalue weighted by Gasteiger charge is -2.27. The van der Waals surface area contributed by atoms with Crippen LogP contribution < -0.4 is 14.5 Å². The highest BCUT2D eigenvalue weighted by molar-refractivity contribution is 9.10.